The second kappa shape index (κ2) is 6.28. The molecule has 0 fully saturated rings. The Morgan fingerprint density at radius 3 is 2.67 bits per heavy atom. The minimum Gasteiger partial charge on any atom is -0.504 e. The minimum atomic E-state index is -0.0896. The molecule has 0 saturated carbocycles. The fraction of sp³-hybridized carbons (Fsp3) is 0.500. The lowest BCUT2D eigenvalue weighted by atomic mass is 10.1. The van der Waals surface area contributed by atoms with Gasteiger partial charge in [-0.25, -0.2) is 0 Å². The summed E-state index contributed by atoms with van der Waals surface area (Å²) >= 11 is 0. The molecule has 0 aliphatic heterocycles. The lowest BCUT2D eigenvalue weighted by Gasteiger charge is -2.21. The Bertz CT molecular complexity index is 418. The summed E-state index contributed by atoms with van der Waals surface area (Å²) in [5.41, 5.74) is 0.471. The summed E-state index contributed by atoms with van der Waals surface area (Å²) in [6.45, 7) is 4.92. The van der Waals surface area contributed by atoms with Crippen molar-refractivity contribution in [2.24, 2.45) is 5.92 Å². The van der Waals surface area contributed by atoms with Crippen LogP contribution in [0.4, 0.5) is 0 Å². The highest BCUT2D eigenvalue weighted by molar-refractivity contribution is 5.94. The van der Waals surface area contributed by atoms with Crippen LogP contribution in [-0.4, -0.2) is 36.6 Å². The van der Waals surface area contributed by atoms with Crippen molar-refractivity contribution in [2.45, 2.75) is 20.3 Å². The average molecular weight is 251 g/mol. The molecule has 1 aromatic rings. The van der Waals surface area contributed by atoms with Crippen molar-refractivity contribution in [1.82, 2.24) is 4.90 Å². The summed E-state index contributed by atoms with van der Waals surface area (Å²) in [6, 6.07) is 4.70. The molecule has 0 heterocycles. The van der Waals surface area contributed by atoms with E-state index >= 15 is 0 Å². The molecule has 18 heavy (non-hydrogen) atoms. The quantitative estimate of drug-likeness (QED) is 0.874. The Hall–Kier alpha value is -1.71. The molecular formula is C14H21NO3. The van der Waals surface area contributed by atoms with Crippen LogP contribution in [0, 0.1) is 5.92 Å². The summed E-state index contributed by atoms with van der Waals surface area (Å²) in [4.78, 5) is 13.8. The van der Waals surface area contributed by atoms with E-state index in [1.165, 1.54) is 13.2 Å². The van der Waals surface area contributed by atoms with E-state index in [0.717, 1.165) is 6.42 Å². The summed E-state index contributed by atoms with van der Waals surface area (Å²) < 4.78 is 4.95. The molecule has 1 aromatic carbocycles. The molecule has 4 heteroatoms. The topological polar surface area (TPSA) is 49.8 Å². The van der Waals surface area contributed by atoms with Gasteiger partial charge in [-0.1, -0.05) is 20.3 Å². The molecule has 1 rings (SSSR count). The van der Waals surface area contributed by atoms with E-state index in [1.54, 1.807) is 24.1 Å². The van der Waals surface area contributed by atoms with Crippen molar-refractivity contribution < 1.29 is 14.6 Å². The van der Waals surface area contributed by atoms with E-state index in [-0.39, 0.29) is 11.7 Å². The van der Waals surface area contributed by atoms with Crippen LogP contribution in [0.3, 0.4) is 0 Å². The molecule has 0 aliphatic carbocycles. The van der Waals surface area contributed by atoms with Gasteiger partial charge >= 0.3 is 0 Å². The average Bonchev–Trinajstić information content (AvgIpc) is 2.37. The first-order valence-corrected chi connectivity index (χ1v) is 6.12. The van der Waals surface area contributed by atoms with E-state index < -0.39 is 0 Å². The van der Waals surface area contributed by atoms with Gasteiger partial charge in [-0.15, -0.1) is 0 Å². The number of methoxy groups -OCH3 is 1. The number of carbonyl (C=O) groups is 1. The van der Waals surface area contributed by atoms with Crippen LogP contribution in [0.2, 0.25) is 0 Å². The third-order valence-electron chi connectivity index (χ3n) is 3.05. The van der Waals surface area contributed by atoms with Crippen molar-refractivity contribution in [3.05, 3.63) is 23.8 Å². The van der Waals surface area contributed by atoms with Gasteiger partial charge in [0.1, 0.15) is 0 Å². The summed E-state index contributed by atoms with van der Waals surface area (Å²) in [5, 5.41) is 9.65. The lowest BCUT2D eigenvalue weighted by molar-refractivity contribution is 0.0774. The van der Waals surface area contributed by atoms with Gasteiger partial charge in [-0.05, 0) is 24.1 Å². The van der Waals surface area contributed by atoms with Crippen LogP contribution in [0.15, 0.2) is 18.2 Å². The maximum absolute atomic E-state index is 12.1. The van der Waals surface area contributed by atoms with Crippen molar-refractivity contribution in [1.29, 1.82) is 0 Å². The summed E-state index contributed by atoms with van der Waals surface area (Å²) in [7, 11) is 3.25. The van der Waals surface area contributed by atoms with Gasteiger partial charge in [0.2, 0.25) is 0 Å². The zero-order chi connectivity index (χ0) is 13.7. The molecule has 0 saturated heterocycles. The number of carbonyl (C=O) groups excluding carboxylic acids is 1. The monoisotopic (exact) mass is 251 g/mol. The molecule has 1 N–H and O–H groups in total. The first kappa shape index (κ1) is 14.4. The third-order valence-corrected chi connectivity index (χ3v) is 3.05. The van der Waals surface area contributed by atoms with Gasteiger partial charge in [0.15, 0.2) is 11.5 Å². The Morgan fingerprint density at radius 1 is 1.50 bits per heavy atom. The molecule has 1 amide bonds. The normalized spacial score (nSPS) is 12.0. The van der Waals surface area contributed by atoms with E-state index in [1.807, 2.05) is 0 Å². The molecule has 100 valence electrons. The maximum Gasteiger partial charge on any atom is 0.253 e. The number of hydrogen-bond donors (Lipinski definition) is 1. The van der Waals surface area contributed by atoms with Crippen LogP contribution in [-0.2, 0) is 0 Å². The minimum absolute atomic E-state index is 0.0136. The third kappa shape index (κ3) is 3.39. The Labute approximate surface area is 108 Å². The molecule has 0 aromatic heterocycles. The number of amides is 1. The SMILES string of the molecule is CCC(C)CN(C)C(=O)c1ccc(OC)c(O)c1. The highest BCUT2D eigenvalue weighted by atomic mass is 16.5. The van der Waals surface area contributed by atoms with Crippen LogP contribution in [0.25, 0.3) is 0 Å². The second-order valence-corrected chi connectivity index (χ2v) is 4.59. The second-order valence-electron chi connectivity index (χ2n) is 4.59. The highest BCUT2D eigenvalue weighted by Crippen LogP contribution is 2.26. The molecule has 0 spiro atoms. The number of phenols is 1. The van der Waals surface area contributed by atoms with Gasteiger partial charge < -0.3 is 14.7 Å². The number of benzene rings is 1. The van der Waals surface area contributed by atoms with Crippen molar-refractivity contribution in [3.63, 3.8) is 0 Å². The predicted octanol–water partition coefficient (Wildman–Crippen LogP) is 2.52. The number of ether oxygens (including phenoxy) is 1. The van der Waals surface area contributed by atoms with Crippen LogP contribution in [0.5, 0.6) is 11.5 Å². The summed E-state index contributed by atoms with van der Waals surface area (Å²) in [5.74, 6) is 0.732. The Balaban J connectivity index is 2.80. The molecule has 0 bridgehead atoms. The number of phenolic OH excluding ortho intramolecular Hbond substituents is 1. The molecule has 0 aliphatic rings. The van der Waals surface area contributed by atoms with E-state index in [9.17, 15) is 9.90 Å². The van der Waals surface area contributed by atoms with Crippen molar-refractivity contribution in [3.8, 4) is 11.5 Å². The number of hydrogen-bond acceptors (Lipinski definition) is 3. The zero-order valence-electron chi connectivity index (χ0n) is 11.4. The largest absolute Gasteiger partial charge is 0.504 e. The number of nitrogens with zero attached hydrogens (tertiary/aromatic N) is 1. The zero-order valence-corrected chi connectivity index (χ0v) is 11.4. The Morgan fingerprint density at radius 2 is 2.17 bits per heavy atom. The number of rotatable bonds is 5. The van der Waals surface area contributed by atoms with Gasteiger partial charge in [0, 0.05) is 19.2 Å². The number of aromatic hydroxyl groups is 1. The fourth-order valence-electron chi connectivity index (χ4n) is 1.72. The van der Waals surface area contributed by atoms with Crippen molar-refractivity contribution >= 4 is 5.91 Å². The highest BCUT2D eigenvalue weighted by Gasteiger charge is 2.15. The van der Waals surface area contributed by atoms with Gasteiger partial charge in [0.05, 0.1) is 7.11 Å². The van der Waals surface area contributed by atoms with Gasteiger partial charge in [-0.3, -0.25) is 4.79 Å². The molecular weight excluding hydrogens is 230 g/mol. The first-order valence-electron chi connectivity index (χ1n) is 6.12. The van der Waals surface area contributed by atoms with Crippen LogP contribution in [0.1, 0.15) is 30.6 Å². The molecule has 0 radical (unpaired) electrons. The van der Waals surface area contributed by atoms with Crippen LogP contribution >= 0.6 is 0 Å². The molecule has 1 unspecified atom stereocenters. The van der Waals surface area contributed by atoms with Crippen molar-refractivity contribution in [2.75, 3.05) is 20.7 Å². The van der Waals surface area contributed by atoms with Gasteiger partial charge in [-0.2, -0.15) is 0 Å². The molecule has 4 nitrogen and oxygen atoms in total. The summed E-state index contributed by atoms with van der Waals surface area (Å²) in [6.07, 6.45) is 1.03. The standard InChI is InChI=1S/C14H21NO3/c1-5-10(2)9-15(3)14(17)11-6-7-13(18-4)12(16)8-11/h6-8,10,16H,5,9H2,1-4H3. The first-order chi connectivity index (χ1) is 8.49. The Kier molecular flexibility index (Phi) is 5.01. The molecule has 1 atom stereocenters. The fourth-order valence-corrected chi connectivity index (χ4v) is 1.72. The van der Waals surface area contributed by atoms with Crippen LogP contribution < -0.4 is 4.74 Å². The van der Waals surface area contributed by atoms with E-state index in [4.69, 9.17) is 4.74 Å². The van der Waals surface area contributed by atoms with E-state index in [2.05, 4.69) is 13.8 Å². The van der Waals surface area contributed by atoms with E-state index in [0.29, 0.717) is 23.8 Å². The van der Waals surface area contributed by atoms with Gasteiger partial charge in [0.25, 0.3) is 5.91 Å². The smallest absolute Gasteiger partial charge is 0.253 e. The lowest BCUT2D eigenvalue weighted by Crippen LogP contribution is -2.30. The maximum atomic E-state index is 12.1. The predicted molar refractivity (Wildman–Crippen MR) is 71.1 cm³/mol.